The third kappa shape index (κ3) is 4.54. The fourth-order valence-electron chi connectivity index (χ4n) is 3.88. The van der Waals surface area contributed by atoms with Gasteiger partial charge in [-0.2, -0.15) is 0 Å². The summed E-state index contributed by atoms with van der Waals surface area (Å²) in [7, 11) is 0. The van der Waals surface area contributed by atoms with Crippen molar-refractivity contribution in [2.45, 2.75) is 45.4 Å². The Labute approximate surface area is 200 Å². The maximum Gasteiger partial charge on any atom is 0.265 e. The first-order chi connectivity index (χ1) is 15.7. The smallest absolute Gasteiger partial charge is 0.265 e. The molecule has 33 heavy (non-hydrogen) atoms. The van der Waals surface area contributed by atoms with Crippen molar-refractivity contribution in [2.75, 3.05) is 5.32 Å². The van der Waals surface area contributed by atoms with Gasteiger partial charge in [0.2, 0.25) is 11.8 Å². The van der Waals surface area contributed by atoms with Gasteiger partial charge in [0.05, 0.1) is 15.7 Å². The van der Waals surface area contributed by atoms with Gasteiger partial charge in [-0.25, -0.2) is 0 Å². The molecule has 1 saturated heterocycles. The Morgan fingerprint density at radius 3 is 2.70 bits per heavy atom. The van der Waals surface area contributed by atoms with Crippen molar-refractivity contribution in [3.63, 3.8) is 0 Å². The minimum absolute atomic E-state index is 0.187. The lowest BCUT2D eigenvalue weighted by Crippen LogP contribution is -2.52. The van der Waals surface area contributed by atoms with Crippen LogP contribution >= 0.6 is 23.2 Å². The fraction of sp³-hybridized carbons (Fsp3) is 0.304. The Bertz CT molecular complexity index is 1180. The molecule has 0 saturated carbocycles. The number of ether oxygens (including phenoxy) is 1. The molecule has 8 nitrogen and oxygen atoms in total. The van der Waals surface area contributed by atoms with Crippen molar-refractivity contribution in [3.8, 4) is 5.75 Å². The van der Waals surface area contributed by atoms with Gasteiger partial charge in [0.1, 0.15) is 11.8 Å². The first-order valence-electron chi connectivity index (χ1n) is 10.4. The molecule has 4 rings (SSSR count). The number of imide groups is 1. The van der Waals surface area contributed by atoms with Crippen LogP contribution in [0.4, 0.5) is 5.69 Å². The summed E-state index contributed by atoms with van der Waals surface area (Å²) in [5, 5.41) is 5.64. The van der Waals surface area contributed by atoms with Gasteiger partial charge >= 0.3 is 0 Å². The summed E-state index contributed by atoms with van der Waals surface area (Å²) < 4.78 is 5.78. The maximum atomic E-state index is 12.8. The predicted octanol–water partition coefficient (Wildman–Crippen LogP) is 3.47. The lowest BCUT2D eigenvalue weighted by atomic mass is 10.0. The zero-order chi connectivity index (χ0) is 23.9. The summed E-state index contributed by atoms with van der Waals surface area (Å²) in [5.41, 5.74) is 2.23. The second-order valence-electron chi connectivity index (χ2n) is 8.02. The Hall–Kier alpha value is -3.10. The van der Waals surface area contributed by atoms with Crippen molar-refractivity contribution >= 4 is 52.5 Å². The molecule has 2 heterocycles. The Morgan fingerprint density at radius 1 is 1.21 bits per heavy atom. The molecule has 0 aliphatic carbocycles. The number of carbonyl (C=O) groups is 4. The third-order valence-corrected chi connectivity index (χ3v) is 6.51. The van der Waals surface area contributed by atoms with Crippen molar-refractivity contribution in [3.05, 3.63) is 57.1 Å². The van der Waals surface area contributed by atoms with Crippen LogP contribution in [0, 0.1) is 6.92 Å². The summed E-state index contributed by atoms with van der Waals surface area (Å²) >= 11 is 12.4. The Morgan fingerprint density at radius 2 is 1.97 bits per heavy atom. The highest BCUT2D eigenvalue weighted by Gasteiger charge is 2.39. The largest absolute Gasteiger partial charge is 0.481 e. The summed E-state index contributed by atoms with van der Waals surface area (Å²) in [6, 6.07) is 7.59. The van der Waals surface area contributed by atoms with E-state index in [-0.39, 0.29) is 31.2 Å². The number of anilines is 1. The van der Waals surface area contributed by atoms with Crippen LogP contribution in [0.2, 0.25) is 10.0 Å². The number of halogens is 2. The molecule has 2 N–H and O–H groups in total. The lowest BCUT2D eigenvalue weighted by Gasteiger charge is -2.29. The molecule has 0 radical (unpaired) electrons. The number of aryl methyl sites for hydroxylation is 1. The second-order valence-corrected chi connectivity index (χ2v) is 8.81. The van der Waals surface area contributed by atoms with Gasteiger partial charge in [-0.05, 0) is 55.7 Å². The van der Waals surface area contributed by atoms with E-state index in [1.165, 1.54) is 4.90 Å². The Kier molecular flexibility index (Phi) is 6.32. The predicted molar refractivity (Wildman–Crippen MR) is 122 cm³/mol. The van der Waals surface area contributed by atoms with E-state index in [2.05, 4.69) is 10.6 Å². The topological polar surface area (TPSA) is 105 Å². The number of fused-ring (bicyclic) bond motifs is 1. The number of hydrogen-bond donors (Lipinski definition) is 2. The van der Waals surface area contributed by atoms with Crippen LogP contribution in [0.3, 0.4) is 0 Å². The van der Waals surface area contributed by atoms with E-state index in [9.17, 15) is 19.2 Å². The van der Waals surface area contributed by atoms with Gasteiger partial charge < -0.3 is 15.0 Å². The van der Waals surface area contributed by atoms with E-state index in [1.54, 1.807) is 44.2 Å². The van der Waals surface area contributed by atoms with Gasteiger partial charge in [-0.3, -0.25) is 24.5 Å². The zero-order valence-electron chi connectivity index (χ0n) is 17.9. The average molecular weight is 490 g/mol. The molecule has 2 unspecified atom stereocenters. The quantitative estimate of drug-likeness (QED) is 0.625. The van der Waals surface area contributed by atoms with Crippen LogP contribution in [0.1, 0.15) is 41.3 Å². The summed E-state index contributed by atoms with van der Waals surface area (Å²) in [6.07, 6.45) is -0.402. The lowest BCUT2D eigenvalue weighted by molar-refractivity contribution is -0.137. The second kappa shape index (κ2) is 9.03. The van der Waals surface area contributed by atoms with Crippen molar-refractivity contribution < 1.29 is 23.9 Å². The highest BCUT2D eigenvalue weighted by Crippen LogP contribution is 2.34. The number of amides is 4. The van der Waals surface area contributed by atoms with E-state index in [4.69, 9.17) is 27.9 Å². The number of piperidine rings is 1. The van der Waals surface area contributed by atoms with Crippen LogP contribution < -0.4 is 15.4 Å². The van der Waals surface area contributed by atoms with Crippen molar-refractivity contribution in [1.29, 1.82) is 0 Å². The van der Waals surface area contributed by atoms with Crippen molar-refractivity contribution in [2.24, 2.45) is 0 Å². The summed E-state index contributed by atoms with van der Waals surface area (Å²) in [5.74, 6) is -1.12. The van der Waals surface area contributed by atoms with E-state index >= 15 is 0 Å². The minimum Gasteiger partial charge on any atom is -0.481 e. The van der Waals surface area contributed by atoms with Crippen LogP contribution in [0.25, 0.3) is 0 Å². The number of hydrogen-bond acceptors (Lipinski definition) is 5. The number of benzene rings is 2. The molecule has 10 heteroatoms. The minimum atomic E-state index is -0.876. The molecule has 2 aromatic rings. The van der Waals surface area contributed by atoms with Crippen LogP contribution in [0.5, 0.6) is 5.75 Å². The normalized spacial score (nSPS) is 18.6. The highest BCUT2D eigenvalue weighted by atomic mass is 35.5. The summed E-state index contributed by atoms with van der Waals surface area (Å²) in [4.78, 5) is 50.5. The number of nitrogens with one attached hydrogen (secondary N) is 2. The van der Waals surface area contributed by atoms with Gasteiger partial charge in [0, 0.05) is 18.5 Å². The fourth-order valence-corrected chi connectivity index (χ4v) is 4.34. The average Bonchev–Trinajstić information content (AvgIpc) is 3.09. The standard InChI is InChI=1S/C23H21Cl2N3O5/c1-11-3-6-16(24)20(19(11)25)27-21(30)12(2)33-14-4-5-15-13(9-14)10-28(23(15)32)17-7-8-18(29)26-22(17)31/h3-6,9,12,17H,7-8,10H2,1-2H3,(H,27,30)(H,26,29,31). The molecule has 2 aromatic carbocycles. The monoisotopic (exact) mass is 489 g/mol. The molecule has 0 aromatic heterocycles. The molecule has 0 bridgehead atoms. The van der Waals surface area contributed by atoms with E-state index < -0.39 is 24.0 Å². The van der Waals surface area contributed by atoms with Gasteiger partial charge in [-0.15, -0.1) is 0 Å². The molecular weight excluding hydrogens is 469 g/mol. The number of nitrogens with zero attached hydrogens (tertiary/aromatic N) is 1. The molecule has 2 aliphatic heterocycles. The molecule has 4 amide bonds. The van der Waals surface area contributed by atoms with Crippen LogP contribution in [0.15, 0.2) is 30.3 Å². The molecule has 172 valence electrons. The van der Waals surface area contributed by atoms with Crippen LogP contribution in [-0.4, -0.2) is 40.7 Å². The highest BCUT2D eigenvalue weighted by molar-refractivity contribution is 6.40. The van der Waals surface area contributed by atoms with Crippen molar-refractivity contribution in [1.82, 2.24) is 10.2 Å². The van der Waals surface area contributed by atoms with Gasteiger partial charge in [0.15, 0.2) is 6.10 Å². The van der Waals surface area contributed by atoms with E-state index in [1.807, 2.05) is 0 Å². The molecular formula is C23H21Cl2N3O5. The molecule has 1 fully saturated rings. The summed E-state index contributed by atoms with van der Waals surface area (Å²) in [6.45, 7) is 3.60. The Balaban J connectivity index is 1.45. The SMILES string of the molecule is Cc1ccc(Cl)c(NC(=O)C(C)Oc2ccc3c(c2)CN(C2CCC(=O)NC2=O)C3=O)c1Cl. The third-order valence-electron chi connectivity index (χ3n) is 5.71. The number of rotatable bonds is 5. The van der Waals surface area contributed by atoms with E-state index in [0.29, 0.717) is 32.6 Å². The van der Waals surface area contributed by atoms with Gasteiger partial charge in [-0.1, -0.05) is 29.3 Å². The molecule has 2 atom stereocenters. The zero-order valence-corrected chi connectivity index (χ0v) is 19.4. The first kappa shape index (κ1) is 23.1. The first-order valence-corrected chi connectivity index (χ1v) is 11.1. The number of carbonyl (C=O) groups excluding carboxylic acids is 4. The van der Waals surface area contributed by atoms with Crippen LogP contribution in [-0.2, 0) is 20.9 Å². The van der Waals surface area contributed by atoms with E-state index in [0.717, 1.165) is 5.56 Å². The van der Waals surface area contributed by atoms with Gasteiger partial charge in [0.25, 0.3) is 11.8 Å². The maximum absolute atomic E-state index is 12.8. The molecule has 2 aliphatic rings. The molecule has 0 spiro atoms.